The second-order valence-corrected chi connectivity index (χ2v) is 6.47. The number of ether oxygens (including phenoxy) is 1. The van der Waals surface area contributed by atoms with Gasteiger partial charge in [-0.2, -0.15) is 0 Å². The topological polar surface area (TPSA) is 90.9 Å². The van der Waals surface area contributed by atoms with Gasteiger partial charge in [0.1, 0.15) is 17.8 Å². The molecule has 3 heterocycles. The standard InChI is InChI=1S/C17H26N6O3/c1-14(24)22-4-6-23(7-5-22)17(25)15-12-16(20-13-19-15)18-2-3-21-8-10-26-11-9-21/h12-13H,2-11H2,1H3,(H,18,19,20). The van der Waals surface area contributed by atoms with Crippen LogP contribution in [0.4, 0.5) is 5.82 Å². The first-order chi connectivity index (χ1) is 12.6. The molecule has 1 aromatic rings. The van der Waals surface area contributed by atoms with Crippen LogP contribution in [0.25, 0.3) is 0 Å². The van der Waals surface area contributed by atoms with Crippen molar-refractivity contribution in [2.75, 3.05) is 70.9 Å². The van der Waals surface area contributed by atoms with E-state index in [0.29, 0.717) is 37.7 Å². The molecule has 9 nitrogen and oxygen atoms in total. The average Bonchev–Trinajstić information content (AvgIpc) is 2.68. The van der Waals surface area contributed by atoms with Crippen molar-refractivity contribution in [2.45, 2.75) is 6.92 Å². The summed E-state index contributed by atoms with van der Waals surface area (Å²) in [4.78, 5) is 38.2. The number of hydrogen-bond acceptors (Lipinski definition) is 7. The van der Waals surface area contributed by atoms with E-state index >= 15 is 0 Å². The number of piperazine rings is 1. The van der Waals surface area contributed by atoms with Crippen LogP contribution in [0.2, 0.25) is 0 Å². The fourth-order valence-corrected chi connectivity index (χ4v) is 3.12. The molecule has 0 unspecified atom stereocenters. The minimum atomic E-state index is -0.119. The number of amides is 2. The number of nitrogens with zero attached hydrogens (tertiary/aromatic N) is 5. The largest absolute Gasteiger partial charge is 0.379 e. The maximum Gasteiger partial charge on any atom is 0.272 e. The molecule has 1 N–H and O–H groups in total. The smallest absolute Gasteiger partial charge is 0.272 e. The van der Waals surface area contributed by atoms with E-state index in [1.807, 2.05) is 0 Å². The molecule has 0 aliphatic carbocycles. The molecule has 2 amide bonds. The number of hydrogen-bond donors (Lipinski definition) is 1. The third-order valence-corrected chi connectivity index (χ3v) is 4.74. The van der Waals surface area contributed by atoms with Crippen molar-refractivity contribution in [3.63, 3.8) is 0 Å². The molecule has 0 aromatic carbocycles. The molecule has 142 valence electrons. The molecule has 2 fully saturated rings. The Morgan fingerprint density at radius 3 is 2.46 bits per heavy atom. The minimum Gasteiger partial charge on any atom is -0.379 e. The first-order valence-electron chi connectivity index (χ1n) is 9.04. The number of carbonyl (C=O) groups is 2. The molecular weight excluding hydrogens is 336 g/mol. The van der Waals surface area contributed by atoms with Gasteiger partial charge in [-0.1, -0.05) is 0 Å². The third-order valence-electron chi connectivity index (χ3n) is 4.74. The Morgan fingerprint density at radius 1 is 1.08 bits per heavy atom. The third kappa shape index (κ3) is 4.89. The lowest BCUT2D eigenvalue weighted by atomic mass is 10.2. The van der Waals surface area contributed by atoms with Crippen LogP contribution in [-0.4, -0.2) is 102 Å². The van der Waals surface area contributed by atoms with Crippen molar-refractivity contribution in [3.05, 3.63) is 18.1 Å². The molecule has 0 atom stereocenters. The van der Waals surface area contributed by atoms with E-state index in [-0.39, 0.29) is 11.8 Å². The van der Waals surface area contributed by atoms with Gasteiger partial charge in [0.2, 0.25) is 5.91 Å². The van der Waals surface area contributed by atoms with Gasteiger partial charge in [-0.15, -0.1) is 0 Å². The summed E-state index contributed by atoms with van der Waals surface area (Å²) in [6.07, 6.45) is 1.41. The molecule has 2 saturated heterocycles. The average molecular weight is 362 g/mol. The van der Waals surface area contributed by atoms with Gasteiger partial charge >= 0.3 is 0 Å². The molecule has 0 radical (unpaired) electrons. The fraction of sp³-hybridized carbons (Fsp3) is 0.647. The first kappa shape index (κ1) is 18.5. The monoisotopic (exact) mass is 362 g/mol. The van der Waals surface area contributed by atoms with E-state index in [4.69, 9.17) is 4.74 Å². The summed E-state index contributed by atoms with van der Waals surface area (Å²) in [7, 11) is 0. The van der Waals surface area contributed by atoms with Gasteiger partial charge < -0.3 is 19.9 Å². The van der Waals surface area contributed by atoms with E-state index in [1.165, 1.54) is 6.33 Å². The number of morpholine rings is 1. The highest BCUT2D eigenvalue weighted by molar-refractivity contribution is 5.93. The predicted octanol–water partition coefficient (Wildman–Crippen LogP) is -0.475. The summed E-state index contributed by atoms with van der Waals surface area (Å²) in [5.41, 5.74) is 0.380. The van der Waals surface area contributed by atoms with Crippen molar-refractivity contribution < 1.29 is 14.3 Å². The van der Waals surface area contributed by atoms with E-state index < -0.39 is 0 Å². The zero-order valence-corrected chi connectivity index (χ0v) is 15.2. The minimum absolute atomic E-state index is 0.0471. The number of rotatable bonds is 5. The van der Waals surface area contributed by atoms with Crippen LogP contribution < -0.4 is 5.32 Å². The first-order valence-corrected chi connectivity index (χ1v) is 9.04. The fourth-order valence-electron chi connectivity index (χ4n) is 3.12. The molecule has 0 bridgehead atoms. The van der Waals surface area contributed by atoms with Crippen LogP contribution >= 0.6 is 0 Å². The highest BCUT2D eigenvalue weighted by atomic mass is 16.5. The van der Waals surface area contributed by atoms with Gasteiger partial charge in [0, 0.05) is 65.3 Å². The quantitative estimate of drug-likeness (QED) is 0.757. The summed E-state index contributed by atoms with van der Waals surface area (Å²) in [6.45, 7) is 8.86. The van der Waals surface area contributed by atoms with Crippen molar-refractivity contribution in [1.29, 1.82) is 0 Å². The van der Waals surface area contributed by atoms with Gasteiger partial charge in [0.15, 0.2) is 0 Å². The van der Waals surface area contributed by atoms with Crippen molar-refractivity contribution in [3.8, 4) is 0 Å². The molecule has 0 saturated carbocycles. The highest BCUT2D eigenvalue weighted by Crippen LogP contribution is 2.10. The molecule has 1 aromatic heterocycles. The van der Waals surface area contributed by atoms with Gasteiger partial charge in [-0.3, -0.25) is 14.5 Å². The van der Waals surface area contributed by atoms with Gasteiger partial charge in [-0.05, 0) is 0 Å². The van der Waals surface area contributed by atoms with Gasteiger partial charge in [-0.25, -0.2) is 9.97 Å². The Balaban J connectivity index is 1.50. The molecule has 2 aliphatic rings. The number of nitrogens with one attached hydrogen (secondary N) is 1. The normalized spacial score (nSPS) is 18.7. The Bertz CT molecular complexity index is 627. The van der Waals surface area contributed by atoms with E-state index in [2.05, 4.69) is 20.2 Å². The molecule has 2 aliphatic heterocycles. The lowest BCUT2D eigenvalue weighted by Gasteiger charge is -2.34. The van der Waals surface area contributed by atoms with E-state index in [0.717, 1.165) is 39.4 Å². The van der Waals surface area contributed by atoms with Crippen molar-refractivity contribution in [2.24, 2.45) is 0 Å². The molecule has 0 spiro atoms. The number of carbonyl (C=O) groups excluding carboxylic acids is 2. The van der Waals surface area contributed by atoms with Crippen molar-refractivity contribution in [1.82, 2.24) is 24.7 Å². The van der Waals surface area contributed by atoms with Gasteiger partial charge in [0.05, 0.1) is 13.2 Å². The van der Waals surface area contributed by atoms with Crippen LogP contribution in [0.15, 0.2) is 12.4 Å². The van der Waals surface area contributed by atoms with Crippen LogP contribution in [0, 0.1) is 0 Å². The van der Waals surface area contributed by atoms with Crippen LogP contribution in [0.3, 0.4) is 0 Å². The SMILES string of the molecule is CC(=O)N1CCN(C(=O)c2cc(NCCN3CCOCC3)ncn2)CC1. The van der Waals surface area contributed by atoms with Gasteiger partial charge in [0.25, 0.3) is 5.91 Å². The molecule has 26 heavy (non-hydrogen) atoms. The summed E-state index contributed by atoms with van der Waals surface area (Å²) in [5.74, 6) is 0.580. The number of aromatic nitrogens is 2. The summed E-state index contributed by atoms with van der Waals surface area (Å²) >= 11 is 0. The Labute approximate surface area is 153 Å². The lowest BCUT2D eigenvalue weighted by Crippen LogP contribution is -2.50. The Hall–Kier alpha value is -2.26. The van der Waals surface area contributed by atoms with E-state index in [9.17, 15) is 9.59 Å². The Morgan fingerprint density at radius 2 is 1.77 bits per heavy atom. The predicted molar refractivity (Wildman–Crippen MR) is 95.9 cm³/mol. The zero-order chi connectivity index (χ0) is 18.4. The van der Waals surface area contributed by atoms with Crippen LogP contribution in [0.1, 0.15) is 17.4 Å². The summed E-state index contributed by atoms with van der Waals surface area (Å²) in [6, 6.07) is 1.69. The molecular formula is C17H26N6O3. The van der Waals surface area contributed by atoms with E-state index in [1.54, 1.807) is 22.8 Å². The highest BCUT2D eigenvalue weighted by Gasteiger charge is 2.24. The molecule has 3 rings (SSSR count). The van der Waals surface area contributed by atoms with Crippen LogP contribution in [-0.2, 0) is 9.53 Å². The number of anilines is 1. The summed E-state index contributed by atoms with van der Waals surface area (Å²) < 4.78 is 5.34. The van der Waals surface area contributed by atoms with Crippen molar-refractivity contribution >= 4 is 17.6 Å². The zero-order valence-electron chi connectivity index (χ0n) is 15.2. The Kier molecular flexibility index (Phi) is 6.35. The maximum absolute atomic E-state index is 12.6. The second-order valence-electron chi connectivity index (χ2n) is 6.47. The second kappa shape index (κ2) is 8.91. The van der Waals surface area contributed by atoms with Crippen LogP contribution in [0.5, 0.6) is 0 Å². The summed E-state index contributed by atoms with van der Waals surface area (Å²) in [5, 5.41) is 3.25. The maximum atomic E-state index is 12.6. The lowest BCUT2D eigenvalue weighted by molar-refractivity contribution is -0.130. The molecule has 9 heteroatoms.